The van der Waals surface area contributed by atoms with Gasteiger partial charge in [-0.3, -0.25) is 14.6 Å². The monoisotopic (exact) mass is 585 g/mol. The van der Waals surface area contributed by atoms with Crippen LogP contribution in [-0.2, 0) is 22.3 Å². The number of nitrogens with zero attached hydrogens (tertiary/aromatic N) is 3. The Balaban J connectivity index is 1.43. The Morgan fingerprint density at radius 1 is 1.15 bits per heavy atom. The van der Waals surface area contributed by atoms with E-state index < -0.39 is 60.3 Å². The molecule has 0 radical (unpaired) electrons. The molecule has 1 saturated heterocycles. The van der Waals surface area contributed by atoms with Crippen molar-refractivity contribution in [3.63, 3.8) is 0 Å². The zero-order valence-electron chi connectivity index (χ0n) is 22.4. The van der Waals surface area contributed by atoms with E-state index in [4.69, 9.17) is 9.47 Å². The molecule has 13 heteroatoms. The van der Waals surface area contributed by atoms with Gasteiger partial charge in [0.05, 0.1) is 17.8 Å². The largest absolute Gasteiger partial charge is 0.438 e. The predicted octanol–water partition coefficient (Wildman–Crippen LogP) is 6.55. The number of hydrogen-bond acceptors (Lipinski definition) is 6. The minimum Gasteiger partial charge on any atom is -0.438 e. The van der Waals surface area contributed by atoms with E-state index in [0.29, 0.717) is 18.8 Å². The lowest BCUT2D eigenvalue weighted by atomic mass is 9.82. The van der Waals surface area contributed by atoms with Gasteiger partial charge in [-0.25, -0.2) is 22.9 Å². The first-order valence-corrected chi connectivity index (χ1v) is 13.4. The van der Waals surface area contributed by atoms with E-state index in [1.165, 1.54) is 16.7 Å². The van der Waals surface area contributed by atoms with Crippen LogP contribution >= 0.6 is 0 Å². The van der Waals surface area contributed by atoms with Crippen LogP contribution < -0.4 is 9.64 Å². The molecule has 2 fully saturated rings. The van der Waals surface area contributed by atoms with Crippen LogP contribution in [0.3, 0.4) is 0 Å². The number of pyridine rings is 1. The first-order chi connectivity index (χ1) is 19.2. The molecule has 1 atom stereocenters. The van der Waals surface area contributed by atoms with Crippen LogP contribution in [0.2, 0.25) is 0 Å². The number of hydrogen-bond donors (Lipinski definition) is 0. The van der Waals surface area contributed by atoms with Crippen molar-refractivity contribution in [2.45, 2.75) is 70.8 Å². The Kier molecular flexibility index (Phi) is 7.68. The molecule has 3 heterocycles. The molecular formula is C28H29F6N3O4. The minimum atomic E-state index is -4.97. The van der Waals surface area contributed by atoms with Gasteiger partial charge in [-0.05, 0) is 50.2 Å². The number of ether oxygens (including phenoxy) is 2. The summed E-state index contributed by atoms with van der Waals surface area (Å²) in [5.41, 5.74) is -1.60. The molecule has 1 aromatic heterocycles. The maximum Gasteiger partial charge on any atom is 0.421 e. The first-order valence-electron chi connectivity index (χ1n) is 13.4. The SMILES string of the molecule is CC1CCC(C(=O)N2c3cc(F)c(Oc4ncc(CN5CCC(F)(F)C5)cc4C(F)(F)F)cc3C(=O)OC2C)CC1. The predicted molar refractivity (Wildman–Crippen MR) is 134 cm³/mol. The molecule has 1 unspecified atom stereocenters. The molecule has 3 aliphatic rings. The summed E-state index contributed by atoms with van der Waals surface area (Å²) in [6, 6.07) is 2.49. The van der Waals surface area contributed by atoms with Crippen LogP contribution in [0.5, 0.6) is 11.6 Å². The van der Waals surface area contributed by atoms with Crippen molar-refractivity contribution in [3.05, 3.63) is 46.9 Å². The normalized spacial score (nSPS) is 24.6. The van der Waals surface area contributed by atoms with E-state index in [2.05, 4.69) is 11.9 Å². The van der Waals surface area contributed by atoms with Crippen molar-refractivity contribution < 1.29 is 45.4 Å². The molecular weight excluding hydrogens is 556 g/mol. The molecule has 1 amide bonds. The van der Waals surface area contributed by atoms with Crippen LogP contribution in [0.4, 0.5) is 32.0 Å². The number of cyclic esters (lactones) is 1. The summed E-state index contributed by atoms with van der Waals surface area (Å²) in [6.45, 7) is 2.82. The summed E-state index contributed by atoms with van der Waals surface area (Å²) >= 11 is 0. The van der Waals surface area contributed by atoms with Gasteiger partial charge < -0.3 is 9.47 Å². The summed E-state index contributed by atoms with van der Waals surface area (Å²) < 4.78 is 94.6. The van der Waals surface area contributed by atoms with Crippen LogP contribution in [0.25, 0.3) is 0 Å². The molecule has 1 saturated carbocycles. The zero-order valence-corrected chi connectivity index (χ0v) is 22.4. The number of amides is 1. The summed E-state index contributed by atoms with van der Waals surface area (Å²) in [4.78, 5) is 32.3. The number of benzene rings is 1. The summed E-state index contributed by atoms with van der Waals surface area (Å²) in [7, 11) is 0. The second-order valence-electron chi connectivity index (χ2n) is 11.1. The van der Waals surface area contributed by atoms with Crippen molar-refractivity contribution in [2.75, 3.05) is 18.0 Å². The molecule has 0 bridgehead atoms. The Morgan fingerprint density at radius 2 is 1.85 bits per heavy atom. The van der Waals surface area contributed by atoms with Crippen molar-refractivity contribution in [1.82, 2.24) is 9.88 Å². The van der Waals surface area contributed by atoms with Crippen LogP contribution in [0.1, 0.15) is 67.4 Å². The molecule has 1 aliphatic carbocycles. The molecule has 2 aliphatic heterocycles. The zero-order chi connectivity index (χ0) is 29.7. The first kappa shape index (κ1) is 29.2. The number of halogens is 6. The number of carbonyl (C=O) groups excluding carboxylic acids is 2. The molecule has 1 aromatic carbocycles. The van der Waals surface area contributed by atoms with Gasteiger partial charge in [0.2, 0.25) is 11.8 Å². The summed E-state index contributed by atoms with van der Waals surface area (Å²) in [5.74, 6) is -6.79. The van der Waals surface area contributed by atoms with Crippen LogP contribution in [0.15, 0.2) is 24.4 Å². The van der Waals surface area contributed by atoms with E-state index in [1.807, 2.05) is 0 Å². The van der Waals surface area contributed by atoms with Crippen LogP contribution in [0, 0.1) is 17.7 Å². The van der Waals surface area contributed by atoms with Crippen LogP contribution in [-0.4, -0.2) is 47.0 Å². The molecule has 0 N–H and O–H groups in total. The molecule has 2 aromatic rings. The standard InChI is InChI=1S/C28H29F6N3O4/c1-15-3-5-18(6-4-15)25(38)37-16(2)40-26(39)19-10-23(21(29)11-22(19)37)41-24-20(28(32,33)34)9-17(12-35-24)13-36-8-7-27(30,31)14-36/h9-12,15-16,18H,3-8,13-14H2,1-2H3. The third-order valence-electron chi connectivity index (χ3n) is 7.85. The van der Waals surface area contributed by atoms with E-state index in [-0.39, 0.29) is 41.7 Å². The number of anilines is 1. The van der Waals surface area contributed by atoms with Crippen molar-refractivity contribution in [1.29, 1.82) is 0 Å². The van der Waals surface area contributed by atoms with E-state index in [0.717, 1.165) is 37.2 Å². The topological polar surface area (TPSA) is 72.0 Å². The van der Waals surface area contributed by atoms with Gasteiger partial charge in [0, 0.05) is 43.8 Å². The van der Waals surface area contributed by atoms with Crippen molar-refractivity contribution >= 4 is 17.6 Å². The summed E-state index contributed by atoms with van der Waals surface area (Å²) in [6.07, 6.45) is -2.35. The third kappa shape index (κ3) is 6.14. The van der Waals surface area contributed by atoms with Gasteiger partial charge in [-0.15, -0.1) is 0 Å². The fraction of sp³-hybridized carbons (Fsp3) is 0.536. The number of esters is 1. The number of aromatic nitrogens is 1. The van der Waals surface area contributed by atoms with Gasteiger partial charge in [0.25, 0.3) is 5.92 Å². The highest BCUT2D eigenvalue weighted by atomic mass is 19.4. The number of rotatable bonds is 5. The van der Waals surface area contributed by atoms with E-state index >= 15 is 4.39 Å². The molecule has 7 nitrogen and oxygen atoms in total. The maximum atomic E-state index is 15.3. The maximum absolute atomic E-state index is 15.3. The van der Waals surface area contributed by atoms with Crippen molar-refractivity contribution in [3.8, 4) is 11.6 Å². The van der Waals surface area contributed by atoms with Gasteiger partial charge in [0.1, 0.15) is 5.56 Å². The lowest BCUT2D eigenvalue weighted by molar-refractivity contribution is -0.139. The lowest BCUT2D eigenvalue weighted by Crippen LogP contribution is -2.48. The quantitative estimate of drug-likeness (QED) is 0.293. The third-order valence-corrected chi connectivity index (χ3v) is 7.85. The Labute approximate surface area is 232 Å². The lowest BCUT2D eigenvalue weighted by Gasteiger charge is -2.37. The minimum absolute atomic E-state index is 0.0149. The highest BCUT2D eigenvalue weighted by molar-refractivity contribution is 6.06. The molecule has 41 heavy (non-hydrogen) atoms. The van der Waals surface area contributed by atoms with Gasteiger partial charge in [0.15, 0.2) is 17.8 Å². The average Bonchev–Trinajstić information content (AvgIpc) is 3.23. The number of alkyl halides is 5. The number of carbonyl (C=O) groups is 2. The fourth-order valence-corrected chi connectivity index (χ4v) is 5.62. The van der Waals surface area contributed by atoms with Gasteiger partial charge >= 0.3 is 12.1 Å². The highest BCUT2D eigenvalue weighted by Crippen LogP contribution is 2.42. The fourth-order valence-electron chi connectivity index (χ4n) is 5.62. The van der Waals surface area contributed by atoms with Crippen molar-refractivity contribution in [2.24, 2.45) is 11.8 Å². The van der Waals surface area contributed by atoms with E-state index in [1.54, 1.807) is 0 Å². The second-order valence-corrected chi connectivity index (χ2v) is 11.1. The Bertz CT molecular complexity index is 1340. The Hall–Kier alpha value is -3.35. The Morgan fingerprint density at radius 3 is 2.49 bits per heavy atom. The second kappa shape index (κ2) is 10.8. The smallest absolute Gasteiger partial charge is 0.421 e. The number of fused-ring (bicyclic) bond motifs is 1. The number of likely N-dealkylation sites (tertiary alicyclic amines) is 1. The highest BCUT2D eigenvalue weighted by Gasteiger charge is 2.41. The van der Waals surface area contributed by atoms with Gasteiger partial charge in [-0.1, -0.05) is 6.92 Å². The summed E-state index contributed by atoms with van der Waals surface area (Å²) in [5, 5.41) is 0. The molecule has 222 valence electrons. The average molecular weight is 586 g/mol. The molecule has 0 spiro atoms. The van der Waals surface area contributed by atoms with E-state index in [9.17, 15) is 31.5 Å². The molecule has 5 rings (SSSR count). The van der Waals surface area contributed by atoms with Gasteiger partial charge in [-0.2, -0.15) is 13.2 Å².